The largest absolute Gasteiger partial charge is 0.481 e. The average Bonchev–Trinajstić information content (AvgIpc) is 2.73. The second kappa shape index (κ2) is 9.69. The van der Waals surface area contributed by atoms with E-state index in [0.29, 0.717) is 11.3 Å². The summed E-state index contributed by atoms with van der Waals surface area (Å²) in [5, 5.41) is 2.47. The van der Waals surface area contributed by atoms with Crippen LogP contribution < -0.4 is 14.8 Å². The molecule has 0 spiro atoms. The molecule has 1 atom stereocenters. The predicted molar refractivity (Wildman–Crippen MR) is 112 cm³/mol. The molecule has 0 fully saturated rings. The van der Waals surface area contributed by atoms with Gasteiger partial charge >= 0.3 is 0 Å². The number of para-hydroxylation sites is 1. The van der Waals surface area contributed by atoms with Crippen molar-refractivity contribution in [3.63, 3.8) is 0 Å². The van der Waals surface area contributed by atoms with Crippen LogP contribution in [0.15, 0.2) is 78.8 Å². The van der Waals surface area contributed by atoms with E-state index in [2.05, 4.69) is 5.32 Å². The van der Waals surface area contributed by atoms with E-state index in [9.17, 15) is 13.6 Å². The zero-order valence-electron chi connectivity index (χ0n) is 16.6. The van der Waals surface area contributed by atoms with Gasteiger partial charge in [-0.2, -0.15) is 4.39 Å². The lowest BCUT2D eigenvalue weighted by molar-refractivity contribution is -0.122. The summed E-state index contributed by atoms with van der Waals surface area (Å²) in [6.07, 6.45) is 0.424. The average molecular weight is 409 g/mol. The number of carbonyl (C=O) groups is 1. The highest BCUT2D eigenvalue weighted by Gasteiger charge is 2.16. The summed E-state index contributed by atoms with van der Waals surface area (Å²) in [5.41, 5.74) is 1.85. The van der Waals surface area contributed by atoms with Gasteiger partial charge in [-0.3, -0.25) is 4.79 Å². The van der Waals surface area contributed by atoms with Gasteiger partial charge in [-0.1, -0.05) is 42.0 Å². The summed E-state index contributed by atoms with van der Waals surface area (Å²) in [6, 6.07) is 18.7. The number of anilines is 1. The summed E-state index contributed by atoms with van der Waals surface area (Å²) in [7, 11) is 0. The number of hydrogen-bond acceptors (Lipinski definition) is 3. The molecule has 0 aliphatic heterocycles. The van der Waals surface area contributed by atoms with Crippen molar-refractivity contribution >= 4 is 17.7 Å². The van der Waals surface area contributed by atoms with E-state index in [1.54, 1.807) is 37.3 Å². The Morgan fingerprint density at radius 3 is 2.27 bits per heavy atom. The molecule has 154 valence electrons. The molecule has 0 unspecified atom stereocenters. The van der Waals surface area contributed by atoms with Gasteiger partial charge in [-0.05, 0) is 55.8 Å². The lowest BCUT2D eigenvalue weighted by atomic mass is 10.1. The Morgan fingerprint density at radius 2 is 1.60 bits per heavy atom. The molecule has 0 saturated carbocycles. The normalized spacial score (nSPS) is 12.2. The molecule has 0 radical (unpaired) electrons. The number of amides is 1. The first kappa shape index (κ1) is 21.0. The molecule has 1 N–H and O–H groups in total. The zero-order chi connectivity index (χ0) is 21.5. The fraction of sp³-hybridized carbons (Fsp3) is 0.125. The Balaban J connectivity index is 1.56. The Kier molecular flexibility index (Phi) is 6.80. The van der Waals surface area contributed by atoms with Gasteiger partial charge in [0.25, 0.3) is 11.9 Å². The maximum Gasteiger partial charge on any atom is 0.278 e. The predicted octanol–water partition coefficient (Wildman–Crippen LogP) is 5.89. The van der Waals surface area contributed by atoms with Crippen LogP contribution in [0.25, 0.3) is 6.08 Å². The minimum absolute atomic E-state index is 0.0811. The maximum absolute atomic E-state index is 14.1. The molecule has 30 heavy (non-hydrogen) atoms. The first-order valence-electron chi connectivity index (χ1n) is 9.34. The van der Waals surface area contributed by atoms with E-state index in [-0.39, 0.29) is 11.4 Å². The summed E-state index contributed by atoms with van der Waals surface area (Å²) in [4.78, 5) is 12.2. The molecule has 3 aromatic carbocycles. The van der Waals surface area contributed by atoms with Crippen LogP contribution in [-0.4, -0.2) is 12.0 Å². The molecule has 0 heterocycles. The maximum atomic E-state index is 14.1. The lowest BCUT2D eigenvalue weighted by Gasteiger charge is -2.15. The highest BCUT2D eigenvalue weighted by Crippen LogP contribution is 2.22. The minimum atomic E-state index is -0.866. The van der Waals surface area contributed by atoms with Gasteiger partial charge in [-0.15, -0.1) is 0 Å². The van der Waals surface area contributed by atoms with E-state index < -0.39 is 23.8 Å². The van der Waals surface area contributed by atoms with Crippen LogP contribution in [0.2, 0.25) is 0 Å². The van der Waals surface area contributed by atoms with Gasteiger partial charge < -0.3 is 14.8 Å². The van der Waals surface area contributed by atoms with Crippen LogP contribution in [-0.2, 0) is 4.79 Å². The zero-order valence-corrected chi connectivity index (χ0v) is 16.6. The number of hydrogen-bond donors (Lipinski definition) is 1. The third kappa shape index (κ3) is 5.91. The van der Waals surface area contributed by atoms with Crippen LogP contribution in [0.3, 0.4) is 0 Å². The first-order valence-corrected chi connectivity index (χ1v) is 9.34. The van der Waals surface area contributed by atoms with E-state index in [4.69, 9.17) is 9.47 Å². The highest BCUT2D eigenvalue weighted by atomic mass is 19.1. The van der Waals surface area contributed by atoms with Crippen LogP contribution in [0.5, 0.6) is 11.5 Å². The molecule has 0 aliphatic carbocycles. The number of carbonyl (C=O) groups excluding carboxylic acids is 1. The topological polar surface area (TPSA) is 47.6 Å². The fourth-order valence-electron chi connectivity index (χ4n) is 2.58. The van der Waals surface area contributed by atoms with E-state index in [0.717, 1.165) is 5.56 Å². The molecule has 3 aromatic rings. The number of halogens is 2. The van der Waals surface area contributed by atoms with E-state index >= 15 is 0 Å². The van der Waals surface area contributed by atoms with Crippen molar-refractivity contribution in [3.05, 3.63) is 95.8 Å². The van der Waals surface area contributed by atoms with Crippen molar-refractivity contribution < 1.29 is 23.0 Å². The number of ether oxygens (including phenoxy) is 2. The molecular formula is C24H21F2NO3. The molecule has 4 nitrogen and oxygen atoms in total. The Morgan fingerprint density at radius 1 is 0.967 bits per heavy atom. The Labute approximate surface area is 173 Å². The fourth-order valence-corrected chi connectivity index (χ4v) is 2.58. The third-order valence-corrected chi connectivity index (χ3v) is 4.21. The van der Waals surface area contributed by atoms with Crippen molar-refractivity contribution in [2.24, 2.45) is 0 Å². The van der Waals surface area contributed by atoms with Crippen molar-refractivity contribution in [1.82, 2.24) is 0 Å². The number of nitrogens with one attached hydrogen (secondary N) is 1. The summed E-state index contributed by atoms with van der Waals surface area (Å²) in [5.74, 6) is -0.346. The minimum Gasteiger partial charge on any atom is -0.481 e. The Bertz CT molecular complexity index is 1030. The number of benzene rings is 3. The molecule has 3 rings (SSSR count). The van der Waals surface area contributed by atoms with E-state index in [1.165, 1.54) is 36.4 Å². The van der Waals surface area contributed by atoms with Crippen LogP contribution in [0.1, 0.15) is 18.1 Å². The second-order valence-corrected chi connectivity index (χ2v) is 6.66. The van der Waals surface area contributed by atoms with Gasteiger partial charge in [-0.25, -0.2) is 4.39 Å². The highest BCUT2D eigenvalue weighted by molar-refractivity contribution is 5.94. The van der Waals surface area contributed by atoms with Gasteiger partial charge in [0.1, 0.15) is 17.3 Å². The standard InChI is InChI=1S/C24H21F2NO3/c1-16-7-9-18(10-8-16)15-23(26)30-20-13-11-19(12-14-20)29-17(2)24(28)27-22-6-4-3-5-21(22)25/h3-15,17H,1-2H3,(H,27,28)/t17-/m1/s1. The van der Waals surface area contributed by atoms with Crippen molar-refractivity contribution in [2.45, 2.75) is 20.0 Å². The molecule has 0 aromatic heterocycles. The summed E-state index contributed by atoms with van der Waals surface area (Å²) >= 11 is 0. The first-order chi connectivity index (χ1) is 14.4. The number of rotatable bonds is 7. The SMILES string of the molecule is Cc1ccc(C=C(F)Oc2ccc(O[C@H](C)C(=O)Nc3ccccc3F)cc2)cc1. The van der Waals surface area contributed by atoms with Gasteiger partial charge in [0, 0.05) is 6.08 Å². The van der Waals surface area contributed by atoms with Crippen LogP contribution in [0, 0.1) is 12.7 Å². The van der Waals surface area contributed by atoms with Crippen molar-refractivity contribution in [3.8, 4) is 11.5 Å². The van der Waals surface area contributed by atoms with Crippen molar-refractivity contribution in [2.75, 3.05) is 5.32 Å². The molecule has 6 heteroatoms. The molecule has 0 aliphatic rings. The quantitative estimate of drug-likeness (QED) is 0.495. The summed E-state index contributed by atoms with van der Waals surface area (Å²) < 4.78 is 38.4. The van der Waals surface area contributed by atoms with Crippen LogP contribution in [0.4, 0.5) is 14.5 Å². The van der Waals surface area contributed by atoms with Gasteiger partial charge in [0.15, 0.2) is 6.10 Å². The molecular weight excluding hydrogens is 388 g/mol. The van der Waals surface area contributed by atoms with Crippen LogP contribution >= 0.6 is 0 Å². The molecule has 1 amide bonds. The van der Waals surface area contributed by atoms with E-state index in [1.807, 2.05) is 19.1 Å². The third-order valence-electron chi connectivity index (χ3n) is 4.21. The Hall–Kier alpha value is -3.67. The smallest absolute Gasteiger partial charge is 0.278 e. The molecule has 0 saturated heterocycles. The van der Waals surface area contributed by atoms with Gasteiger partial charge in [0.2, 0.25) is 0 Å². The molecule has 0 bridgehead atoms. The summed E-state index contributed by atoms with van der Waals surface area (Å²) in [6.45, 7) is 3.50. The van der Waals surface area contributed by atoms with Gasteiger partial charge in [0.05, 0.1) is 5.69 Å². The lowest BCUT2D eigenvalue weighted by Crippen LogP contribution is -2.30. The van der Waals surface area contributed by atoms with Crippen molar-refractivity contribution in [1.29, 1.82) is 0 Å². The monoisotopic (exact) mass is 409 g/mol. The number of aryl methyl sites for hydroxylation is 1. The second-order valence-electron chi connectivity index (χ2n) is 6.66.